The van der Waals surface area contributed by atoms with Gasteiger partial charge in [-0.15, -0.1) is 0 Å². The van der Waals surface area contributed by atoms with Crippen LogP contribution in [0, 0.1) is 11.8 Å². The molecule has 6 nitrogen and oxygen atoms in total. The van der Waals surface area contributed by atoms with Crippen molar-refractivity contribution in [2.24, 2.45) is 11.8 Å². The normalized spacial score (nSPS) is 42.8. The van der Waals surface area contributed by atoms with E-state index in [1.807, 2.05) is 6.92 Å². The molecule has 3 aliphatic heterocycles. The Kier molecular flexibility index (Phi) is 4.32. The molecular weight excluding hydrogens is 324 g/mol. The van der Waals surface area contributed by atoms with E-state index in [0.29, 0.717) is 30.4 Å². The Morgan fingerprint density at radius 3 is 2.76 bits per heavy atom. The molecule has 3 heterocycles. The zero-order chi connectivity index (χ0) is 18.6. The standard InChI is InChI=1S/C19H26O6/c1-10(2)16(20)24-14-9-18(5)6-7-19(22,25-18)11(3)8-13-15(14)12(4)17(21)23-13/h8,10,13-15,22H,4,6-7,9H2,1-3,5H3/b11-8-/t13-,14-,15+,18-,19+/m1/s1. The van der Waals surface area contributed by atoms with Gasteiger partial charge in [0.25, 0.3) is 0 Å². The van der Waals surface area contributed by atoms with Gasteiger partial charge in [0.15, 0.2) is 5.79 Å². The first-order valence-corrected chi connectivity index (χ1v) is 8.76. The van der Waals surface area contributed by atoms with Crippen LogP contribution in [0.4, 0.5) is 0 Å². The molecule has 0 saturated carbocycles. The second-order valence-corrected chi connectivity index (χ2v) is 7.94. The molecule has 138 valence electrons. The lowest BCUT2D eigenvalue weighted by Crippen LogP contribution is -2.40. The van der Waals surface area contributed by atoms with E-state index in [1.54, 1.807) is 26.8 Å². The Morgan fingerprint density at radius 1 is 1.44 bits per heavy atom. The summed E-state index contributed by atoms with van der Waals surface area (Å²) < 4.78 is 17.2. The third kappa shape index (κ3) is 3.13. The fourth-order valence-electron chi connectivity index (χ4n) is 3.87. The summed E-state index contributed by atoms with van der Waals surface area (Å²) in [6, 6.07) is 0. The number of carbonyl (C=O) groups is 2. The van der Waals surface area contributed by atoms with Gasteiger partial charge in [0.05, 0.1) is 17.4 Å². The van der Waals surface area contributed by atoms with Crippen LogP contribution >= 0.6 is 0 Å². The molecule has 0 aromatic heterocycles. The second kappa shape index (κ2) is 5.95. The van der Waals surface area contributed by atoms with Crippen LogP contribution < -0.4 is 0 Å². The van der Waals surface area contributed by atoms with Crippen molar-refractivity contribution in [3.05, 3.63) is 23.8 Å². The molecule has 2 bridgehead atoms. The molecule has 0 aromatic carbocycles. The van der Waals surface area contributed by atoms with E-state index in [0.717, 1.165) is 0 Å². The van der Waals surface area contributed by atoms with Crippen molar-refractivity contribution in [2.45, 2.75) is 70.6 Å². The molecule has 2 saturated heterocycles. The van der Waals surface area contributed by atoms with E-state index in [4.69, 9.17) is 14.2 Å². The minimum atomic E-state index is -1.38. The van der Waals surface area contributed by atoms with Gasteiger partial charge in [-0.05, 0) is 31.9 Å². The Balaban J connectivity index is 2.03. The number of rotatable bonds is 2. The van der Waals surface area contributed by atoms with Gasteiger partial charge in [-0.25, -0.2) is 4.79 Å². The molecule has 5 atom stereocenters. The van der Waals surface area contributed by atoms with Crippen LogP contribution in [0.25, 0.3) is 0 Å². The number of esters is 2. The quantitative estimate of drug-likeness (QED) is 0.467. The Hall–Kier alpha value is -1.66. The highest BCUT2D eigenvalue weighted by molar-refractivity contribution is 5.91. The average Bonchev–Trinajstić information content (AvgIpc) is 2.97. The lowest BCUT2D eigenvalue weighted by molar-refractivity contribution is -0.203. The van der Waals surface area contributed by atoms with Crippen LogP contribution in [0.15, 0.2) is 23.8 Å². The number of aliphatic hydroxyl groups is 1. The molecule has 0 spiro atoms. The van der Waals surface area contributed by atoms with Crippen molar-refractivity contribution >= 4 is 11.9 Å². The van der Waals surface area contributed by atoms with Crippen molar-refractivity contribution in [3.63, 3.8) is 0 Å². The zero-order valence-electron chi connectivity index (χ0n) is 15.2. The van der Waals surface area contributed by atoms with E-state index < -0.39 is 35.5 Å². The van der Waals surface area contributed by atoms with Crippen molar-refractivity contribution in [3.8, 4) is 0 Å². The maximum Gasteiger partial charge on any atom is 0.334 e. The average molecular weight is 350 g/mol. The van der Waals surface area contributed by atoms with E-state index in [2.05, 4.69) is 6.58 Å². The second-order valence-electron chi connectivity index (χ2n) is 7.94. The van der Waals surface area contributed by atoms with E-state index in [9.17, 15) is 14.7 Å². The van der Waals surface area contributed by atoms with Gasteiger partial charge in [0, 0.05) is 18.4 Å². The number of carbonyl (C=O) groups excluding carboxylic acids is 2. The molecule has 2 fully saturated rings. The minimum absolute atomic E-state index is 0.288. The SMILES string of the molecule is C=C1C(=O)O[C@@H]2/C=C(/C)[C@]3(O)CC[C@](C)(C[C@@H](OC(=O)C(C)C)[C@@H]12)O3. The van der Waals surface area contributed by atoms with Gasteiger partial charge in [-0.2, -0.15) is 0 Å². The van der Waals surface area contributed by atoms with Crippen LogP contribution in [-0.2, 0) is 23.8 Å². The topological polar surface area (TPSA) is 82.1 Å². The number of ether oxygens (including phenoxy) is 3. The molecule has 3 aliphatic rings. The molecule has 0 unspecified atom stereocenters. The molecule has 3 rings (SSSR count). The van der Waals surface area contributed by atoms with Gasteiger partial charge in [0.2, 0.25) is 0 Å². The van der Waals surface area contributed by atoms with Gasteiger partial charge >= 0.3 is 11.9 Å². The Bertz CT molecular complexity index is 650. The van der Waals surface area contributed by atoms with Crippen molar-refractivity contribution in [2.75, 3.05) is 0 Å². The summed E-state index contributed by atoms with van der Waals surface area (Å²) >= 11 is 0. The first-order valence-electron chi connectivity index (χ1n) is 8.76. The van der Waals surface area contributed by atoms with Crippen molar-refractivity contribution in [1.29, 1.82) is 0 Å². The Morgan fingerprint density at radius 2 is 2.12 bits per heavy atom. The molecular formula is C19H26O6. The van der Waals surface area contributed by atoms with Crippen LogP contribution in [0.5, 0.6) is 0 Å². The van der Waals surface area contributed by atoms with Gasteiger partial charge in [-0.3, -0.25) is 4.79 Å². The molecule has 0 aromatic rings. The van der Waals surface area contributed by atoms with Gasteiger partial charge < -0.3 is 19.3 Å². The molecule has 0 amide bonds. The van der Waals surface area contributed by atoms with E-state index in [1.165, 1.54) is 0 Å². The summed E-state index contributed by atoms with van der Waals surface area (Å²) in [5, 5.41) is 10.8. The van der Waals surface area contributed by atoms with Crippen LogP contribution in [-0.4, -0.2) is 40.6 Å². The third-order valence-electron chi connectivity index (χ3n) is 5.47. The predicted molar refractivity (Wildman–Crippen MR) is 89.3 cm³/mol. The maximum atomic E-state index is 12.2. The smallest absolute Gasteiger partial charge is 0.334 e. The zero-order valence-corrected chi connectivity index (χ0v) is 15.2. The highest BCUT2D eigenvalue weighted by Gasteiger charge is 2.54. The van der Waals surface area contributed by atoms with Crippen LogP contribution in [0.2, 0.25) is 0 Å². The maximum absolute atomic E-state index is 12.2. The van der Waals surface area contributed by atoms with E-state index in [-0.39, 0.29) is 11.9 Å². The molecule has 0 aliphatic carbocycles. The number of hydrogen-bond donors (Lipinski definition) is 1. The summed E-state index contributed by atoms with van der Waals surface area (Å²) in [5.41, 5.74) is 0.237. The summed E-state index contributed by atoms with van der Waals surface area (Å²) in [6.45, 7) is 11.0. The van der Waals surface area contributed by atoms with E-state index >= 15 is 0 Å². The monoisotopic (exact) mass is 350 g/mol. The first kappa shape index (κ1) is 18.1. The lowest BCUT2D eigenvalue weighted by Gasteiger charge is -2.33. The largest absolute Gasteiger partial charge is 0.461 e. The fraction of sp³-hybridized carbons (Fsp3) is 0.684. The lowest BCUT2D eigenvalue weighted by atomic mass is 9.81. The fourth-order valence-corrected chi connectivity index (χ4v) is 3.87. The summed E-state index contributed by atoms with van der Waals surface area (Å²) in [5.74, 6) is -2.98. The van der Waals surface area contributed by atoms with Gasteiger partial charge in [0.1, 0.15) is 12.2 Å². The first-order chi connectivity index (χ1) is 11.5. The molecule has 0 radical (unpaired) electrons. The molecule has 1 N–H and O–H groups in total. The van der Waals surface area contributed by atoms with Gasteiger partial charge in [-0.1, -0.05) is 20.4 Å². The minimum Gasteiger partial charge on any atom is -0.461 e. The summed E-state index contributed by atoms with van der Waals surface area (Å²) in [6.07, 6.45) is 1.92. The van der Waals surface area contributed by atoms with Crippen molar-refractivity contribution in [1.82, 2.24) is 0 Å². The van der Waals surface area contributed by atoms with Crippen LogP contribution in [0.3, 0.4) is 0 Å². The van der Waals surface area contributed by atoms with Crippen LogP contribution in [0.1, 0.15) is 47.0 Å². The molecule has 25 heavy (non-hydrogen) atoms. The molecule has 6 heteroatoms. The number of hydrogen-bond acceptors (Lipinski definition) is 6. The third-order valence-corrected chi connectivity index (χ3v) is 5.47. The van der Waals surface area contributed by atoms with Crippen molar-refractivity contribution < 1.29 is 28.9 Å². The highest BCUT2D eigenvalue weighted by Crippen LogP contribution is 2.47. The number of fused-ring (bicyclic) bond motifs is 3. The predicted octanol–water partition coefficient (Wildman–Crippen LogP) is 2.26. The highest BCUT2D eigenvalue weighted by atomic mass is 16.6. The summed E-state index contributed by atoms with van der Waals surface area (Å²) in [4.78, 5) is 24.3. The Labute approximate surface area is 147 Å². The summed E-state index contributed by atoms with van der Waals surface area (Å²) in [7, 11) is 0.